The Balaban J connectivity index is 1.34. The number of hydrogen-bond acceptors (Lipinski definition) is 5. The van der Waals surface area contributed by atoms with E-state index in [-0.39, 0.29) is 18.6 Å². The van der Waals surface area contributed by atoms with Crippen molar-refractivity contribution in [3.05, 3.63) is 71.4 Å². The normalized spacial score (nSPS) is 16.4. The summed E-state index contributed by atoms with van der Waals surface area (Å²) in [6.45, 7) is 1.43. The van der Waals surface area contributed by atoms with Gasteiger partial charge in [-0.05, 0) is 49.2 Å². The number of urea groups is 1. The smallest absolute Gasteiger partial charge is 0.321 e. The monoisotopic (exact) mass is 412 g/mol. The minimum absolute atomic E-state index is 0.0118. The largest absolute Gasteiger partial charge is 0.484 e. The van der Waals surface area contributed by atoms with Crippen molar-refractivity contribution < 1.29 is 13.9 Å². The number of amides is 2. The summed E-state index contributed by atoms with van der Waals surface area (Å²) in [5.41, 5.74) is 0.708. The highest BCUT2D eigenvalue weighted by atomic mass is 35.5. The second-order valence-electron chi connectivity index (χ2n) is 6.86. The van der Waals surface area contributed by atoms with E-state index in [1.165, 1.54) is 0 Å². The van der Waals surface area contributed by atoms with E-state index in [1.807, 2.05) is 30.3 Å². The first-order valence-electron chi connectivity index (χ1n) is 9.49. The summed E-state index contributed by atoms with van der Waals surface area (Å²) < 4.78 is 11.4. The molecule has 1 aliphatic heterocycles. The van der Waals surface area contributed by atoms with Gasteiger partial charge in [0.15, 0.2) is 6.61 Å². The Kier molecular flexibility index (Phi) is 5.95. The number of benzene rings is 2. The van der Waals surface area contributed by atoms with Crippen molar-refractivity contribution in [1.29, 1.82) is 0 Å². The fourth-order valence-electron chi connectivity index (χ4n) is 3.25. The van der Waals surface area contributed by atoms with Gasteiger partial charge in [-0.3, -0.25) is 0 Å². The molecule has 4 rings (SSSR count). The molecule has 1 fully saturated rings. The molecule has 150 valence electrons. The highest BCUT2D eigenvalue weighted by Crippen LogP contribution is 2.27. The Bertz CT molecular complexity index is 946. The number of anilines is 1. The summed E-state index contributed by atoms with van der Waals surface area (Å²) in [7, 11) is 0. The Labute approximate surface area is 173 Å². The van der Waals surface area contributed by atoms with Crippen molar-refractivity contribution in [2.75, 3.05) is 18.4 Å². The lowest BCUT2D eigenvalue weighted by Crippen LogP contribution is -2.41. The van der Waals surface area contributed by atoms with Crippen molar-refractivity contribution in [2.24, 2.45) is 0 Å². The van der Waals surface area contributed by atoms with Crippen LogP contribution in [-0.2, 0) is 6.61 Å². The Morgan fingerprint density at radius 2 is 1.97 bits per heavy atom. The van der Waals surface area contributed by atoms with Gasteiger partial charge in [0.1, 0.15) is 5.75 Å². The first-order valence-corrected chi connectivity index (χ1v) is 9.87. The number of aromatic nitrogens is 2. The van der Waals surface area contributed by atoms with Crippen LogP contribution >= 0.6 is 11.6 Å². The number of likely N-dealkylation sites (tertiary alicyclic amines) is 1. The molecule has 1 atom stereocenters. The average Bonchev–Trinajstić information content (AvgIpc) is 3.24. The van der Waals surface area contributed by atoms with E-state index >= 15 is 0 Å². The van der Waals surface area contributed by atoms with E-state index in [0.717, 1.165) is 18.6 Å². The van der Waals surface area contributed by atoms with Crippen LogP contribution in [0.5, 0.6) is 5.75 Å². The lowest BCUT2D eigenvalue weighted by molar-refractivity contribution is 0.184. The van der Waals surface area contributed by atoms with Crippen LogP contribution in [0.1, 0.15) is 30.5 Å². The minimum Gasteiger partial charge on any atom is -0.484 e. The maximum atomic E-state index is 12.6. The third-order valence-electron chi connectivity index (χ3n) is 4.74. The van der Waals surface area contributed by atoms with Crippen LogP contribution in [0.4, 0.5) is 10.5 Å². The average molecular weight is 413 g/mol. The molecule has 2 heterocycles. The van der Waals surface area contributed by atoms with E-state index < -0.39 is 0 Å². The molecule has 1 unspecified atom stereocenters. The molecule has 2 amide bonds. The summed E-state index contributed by atoms with van der Waals surface area (Å²) >= 11 is 5.89. The summed E-state index contributed by atoms with van der Waals surface area (Å²) in [5, 5.41) is 11.8. The lowest BCUT2D eigenvalue weighted by Gasteiger charge is -2.31. The third-order valence-corrected chi connectivity index (χ3v) is 4.99. The number of halogens is 1. The number of hydrogen-bond donors (Lipinski definition) is 1. The van der Waals surface area contributed by atoms with Crippen LogP contribution in [0.2, 0.25) is 5.02 Å². The molecule has 0 bridgehead atoms. The van der Waals surface area contributed by atoms with Gasteiger partial charge in [-0.1, -0.05) is 29.8 Å². The SMILES string of the molecule is O=C(Nc1ccc(Cl)cc1)N1CCCC(c2nnc(COc3ccccc3)o2)C1. The molecule has 1 saturated heterocycles. The molecule has 1 N–H and O–H groups in total. The number of para-hydroxylation sites is 1. The summed E-state index contributed by atoms with van der Waals surface area (Å²) in [6, 6.07) is 16.4. The molecule has 1 aliphatic rings. The van der Waals surface area contributed by atoms with Crippen molar-refractivity contribution in [3.8, 4) is 5.75 Å². The molecule has 0 radical (unpaired) electrons. The van der Waals surface area contributed by atoms with E-state index in [1.54, 1.807) is 29.2 Å². The first-order chi connectivity index (χ1) is 14.2. The highest BCUT2D eigenvalue weighted by molar-refractivity contribution is 6.30. The number of nitrogens with zero attached hydrogens (tertiary/aromatic N) is 3. The summed E-state index contributed by atoms with van der Waals surface area (Å²) in [5.74, 6) is 1.72. The molecule has 3 aromatic rings. The molecule has 29 heavy (non-hydrogen) atoms. The van der Waals surface area contributed by atoms with Gasteiger partial charge in [0, 0.05) is 23.8 Å². The van der Waals surface area contributed by atoms with E-state index in [2.05, 4.69) is 15.5 Å². The quantitative estimate of drug-likeness (QED) is 0.656. The molecule has 0 aliphatic carbocycles. The molecule has 1 aromatic heterocycles. The van der Waals surface area contributed by atoms with Crippen LogP contribution in [0.25, 0.3) is 0 Å². The molecule has 0 saturated carbocycles. The first kappa shape index (κ1) is 19.3. The van der Waals surface area contributed by atoms with E-state index in [9.17, 15) is 4.79 Å². The topological polar surface area (TPSA) is 80.5 Å². The number of nitrogens with one attached hydrogen (secondary N) is 1. The molecule has 8 heteroatoms. The van der Waals surface area contributed by atoms with Gasteiger partial charge >= 0.3 is 6.03 Å². The number of piperidine rings is 1. The minimum atomic E-state index is -0.149. The summed E-state index contributed by atoms with van der Waals surface area (Å²) in [4.78, 5) is 14.4. The number of carbonyl (C=O) groups excluding carboxylic acids is 1. The van der Waals surface area contributed by atoms with Gasteiger partial charge in [0.05, 0.1) is 5.92 Å². The van der Waals surface area contributed by atoms with Crippen LogP contribution in [0.15, 0.2) is 59.0 Å². The fraction of sp³-hybridized carbons (Fsp3) is 0.286. The van der Waals surface area contributed by atoms with Crippen molar-refractivity contribution in [2.45, 2.75) is 25.4 Å². The zero-order valence-electron chi connectivity index (χ0n) is 15.8. The fourth-order valence-corrected chi connectivity index (χ4v) is 3.38. The second-order valence-corrected chi connectivity index (χ2v) is 7.29. The van der Waals surface area contributed by atoms with Crippen LogP contribution in [0, 0.1) is 0 Å². The van der Waals surface area contributed by atoms with Crippen molar-refractivity contribution >= 4 is 23.3 Å². The standard InChI is InChI=1S/C21H21ClN4O3/c22-16-8-10-17(11-9-16)23-21(27)26-12-4-5-15(13-26)20-25-24-19(29-20)14-28-18-6-2-1-3-7-18/h1-3,6-11,15H,4-5,12-14H2,(H,23,27). The van der Waals surface area contributed by atoms with Crippen LogP contribution in [0.3, 0.4) is 0 Å². The Morgan fingerprint density at radius 3 is 2.76 bits per heavy atom. The van der Waals surface area contributed by atoms with Crippen molar-refractivity contribution in [3.63, 3.8) is 0 Å². The van der Waals surface area contributed by atoms with Gasteiger partial charge in [-0.25, -0.2) is 4.79 Å². The Morgan fingerprint density at radius 1 is 1.17 bits per heavy atom. The molecule has 2 aromatic carbocycles. The molecular weight excluding hydrogens is 392 g/mol. The second kappa shape index (κ2) is 8.96. The molecule has 7 nitrogen and oxygen atoms in total. The zero-order chi connectivity index (χ0) is 20.1. The van der Waals surface area contributed by atoms with Crippen LogP contribution in [-0.4, -0.2) is 34.2 Å². The number of ether oxygens (including phenoxy) is 1. The van der Waals surface area contributed by atoms with Gasteiger partial charge < -0.3 is 19.4 Å². The van der Waals surface area contributed by atoms with E-state index in [0.29, 0.717) is 35.6 Å². The van der Waals surface area contributed by atoms with Gasteiger partial charge in [-0.2, -0.15) is 0 Å². The number of rotatable bonds is 5. The highest BCUT2D eigenvalue weighted by Gasteiger charge is 2.28. The maximum Gasteiger partial charge on any atom is 0.321 e. The third kappa shape index (κ3) is 5.06. The maximum absolute atomic E-state index is 12.6. The van der Waals surface area contributed by atoms with Crippen LogP contribution < -0.4 is 10.1 Å². The summed E-state index contributed by atoms with van der Waals surface area (Å²) in [6.07, 6.45) is 1.77. The zero-order valence-corrected chi connectivity index (χ0v) is 16.5. The van der Waals surface area contributed by atoms with Crippen molar-refractivity contribution in [1.82, 2.24) is 15.1 Å². The predicted octanol–water partition coefficient (Wildman–Crippen LogP) is 4.71. The van der Waals surface area contributed by atoms with E-state index in [4.69, 9.17) is 20.8 Å². The predicted molar refractivity (Wildman–Crippen MR) is 109 cm³/mol. The lowest BCUT2D eigenvalue weighted by atomic mass is 9.98. The van der Waals surface area contributed by atoms with Gasteiger partial charge in [-0.15, -0.1) is 10.2 Å². The van der Waals surface area contributed by atoms with Gasteiger partial charge in [0.25, 0.3) is 5.89 Å². The molecule has 0 spiro atoms. The Hall–Kier alpha value is -3.06. The molecular formula is C21H21ClN4O3. The van der Waals surface area contributed by atoms with Gasteiger partial charge in [0.2, 0.25) is 5.89 Å². The number of carbonyl (C=O) groups is 1.